The number of hydrogen-bond donors (Lipinski definition) is 7. The molecule has 0 aliphatic carbocycles. The van der Waals surface area contributed by atoms with Crippen LogP contribution in [0.4, 0.5) is 5.69 Å². The highest BCUT2D eigenvalue weighted by atomic mass is 31.3. The van der Waals surface area contributed by atoms with Gasteiger partial charge in [0.05, 0.1) is 18.2 Å². The molecule has 0 spiro atoms. The molecule has 1 aromatic heterocycles. The minimum absolute atomic E-state index is 0.0488. The van der Waals surface area contributed by atoms with Crippen molar-refractivity contribution in [2.24, 2.45) is 0 Å². The van der Waals surface area contributed by atoms with E-state index >= 15 is 0 Å². The molecule has 8 rings (SSSR count). The van der Waals surface area contributed by atoms with E-state index in [0.717, 1.165) is 103 Å². The van der Waals surface area contributed by atoms with Crippen LogP contribution in [0.3, 0.4) is 0 Å². The molecule has 0 saturated carbocycles. The van der Waals surface area contributed by atoms with Gasteiger partial charge in [-0.1, -0.05) is 30.4 Å². The van der Waals surface area contributed by atoms with Crippen molar-refractivity contribution >= 4 is 52.6 Å². The molecule has 5 heterocycles. The molecule has 4 aromatic rings. The summed E-state index contributed by atoms with van der Waals surface area (Å²) in [5.41, 5.74) is 4.65. The maximum absolute atomic E-state index is 14.4. The molecule has 4 aliphatic heterocycles. The van der Waals surface area contributed by atoms with Gasteiger partial charge in [-0.3, -0.25) is 33.0 Å². The highest BCUT2D eigenvalue weighted by Crippen LogP contribution is 2.64. The van der Waals surface area contributed by atoms with E-state index in [0.29, 0.717) is 16.6 Å². The minimum Gasteiger partial charge on any atom is -0.756 e. The molecule has 4 aliphatic rings. The zero-order valence-corrected chi connectivity index (χ0v) is 43.2. The van der Waals surface area contributed by atoms with E-state index < -0.39 is 65.9 Å². The smallest absolute Gasteiger partial charge is 0.478 e. The van der Waals surface area contributed by atoms with Gasteiger partial charge in [0.15, 0.2) is 6.23 Å². The van der Waals surface area contributed by atoms with Crippen LogP contribution in [0.15, 0.2) is 70.4 Å². The predicted octanol–water partition coefficient (Wildman–Crippen LogP) is 1.13. The largest absolute Gasteiger partial charge is 0.756 e. The van der Waals surface area contributed by atoms with Crippen molar-refractivity contribution in [3.8, 4) is 11.5 Å². The van der Waals surface area contributed by atoms with Gasteiger partial charge in [0.2, 0.25) is 11.3 Å². The molecule has 2 unspecified atom stereocenters. The first kappa shape index (κ1) is 54.8. The molecule has 1 saturated heterocycles. The molecule has 0 bridgehead atoms. The fourth-order valence-electron chi connectivity index (χ4n) is 9.64. The number of H-pyrrole nitrogens is 1. The first-order chi connectivity index (χ1) is 35.1. The molecule has 1 fully saturated rings. The lowest BCUT2D eigenvalue weighted by atomic mass is 9.86. The SMILES string of the molecule is CCN1CCCc2cc3c(cc21)Oc1cc2c(cc1=C3c1ccccc1C(=O)N(C)CCCC(=O)NC/C=C/c1cn([C@@H]3O[C@H](COP(=O)(O)OP(=O)([O-])OP(=O)(O)O)[C@@H](O)[C@H]3O)c(=O)[nH]c1=O)CCC[N+]=2CC. The number of phosphoric acid groups is 3. The van der Waals surface area contributed by atoms with Gasteiger partial charge in [-0.15, -0.1) is 0 Å². The molecule has 24 nitrogen and oxygen atoms in total. The molecule has 74 heavy (non-hydrogen) atoms. The van der Waals surface area contributed by atoms with Gasteiger partial charge in [-0.05, 0) is 68.9 Å². The fourth-order valence-corrected chi connectivity index (χ4v) is 12.6. The summed E-state index contributed by atoms with van der Waals surface area (Å²) in [6, 6.07) is 16.3. The van der Waals surface area contributed by atoms with Crippen molar-refractivity contribution in [2.75, 3.05) is 57.8 Å². The number of nitrogens with zero attached hydrogens (tertiary/aromatic N) is 4. The summed E-state index contributed by atoms with van der Waals surface area (Å²) in [7, 11) is -15.8. The molecule has 6 atom stereocenters. The maximum atomic E-state index is 14.4. The number of ether oxygens (including phenoxy) is 2. The number of aromatic amines is 1. The van der Waals surface area contributed by atoms with Gasteiger partial charge < -0.3 is 54.4 Å². The minimum atomic E-state index is -6.10. The maximum Gasteiger partial charge on any atom is 0.478 e. The van der Waals surface area contributed by atoms with Gasteiger partial charge in [0.1, 0.15) is 42.9 Å². The van der Waals surface area contributed by atoms with Crippen molar-refractivity contribution in [3.63, 3.8) is 0 Å². The number of carbonyl (C=O) groups excluding carboxylic acids is 2. The summed E-state index contributed by atoms with van der Waals surface area (Å²) in [5.74, 6) is 0.911. The van der Waals surface area contributed by atoms with Crippen LogP contribution in [0.1, 0.15) is 83.9 Å². The lowest BCUT2D eigenvalue weighted by Gasteiger charge is -2.33. The first-order valence-electron chi connectivity index (χ1n) is 23.9. The summed E-state index contributed by atoms with van der Waals surface area (Å²) in [5, 5.41) is 26.0. The predicted molar refractivity (Wildman–Crippen MR) is 265 cm³/mol. The number of hydrogen-bond acceptors (Lipinski definition) is 16. The topological polar surface area (TPSA) is 332 Å². The normalized spacial score (nSPS) is 21.0. The van der Waals surface area contributed by atoms with Crippen molar-refractivity contribution in [3.05, 3.63) is 126 Å². The number of fused-ring (bicyclic) bond motifs is 4. The Morgan fingerprint density at radius 2 is 1.74 bits per heavy atom. The number of nitrogens with one attached hydrogen (secondary N) is 2. The Morgan fingerprint density at radius 1 is 0.986 bits per heavy atom. The van der Waals surface area contributed by atoms with E-state index in [1.54, 1.807) is 11.9 Å². The first-order valence-corrected chi connectivity index (χ1v) is 28.4. The van der Waals surface area contributed by atoms with Crippen LogP contribution in [-0.2, 0) is 49.2 Å². The van der Waals surface area contributed by atoms with Gasteiger partial charge in [-0.2, -0.15) is 0 Å². The number of aryl methyl sites for hydroxylation is 2. The lowest BCUT2D eigenvalue weighted by Crippen LogP contribution is -2.39. The highest BCUT2D eigenvalue weighted by molar-refractivity contribution is 7.65. The monoisotopic (exact) mass is 1090 g/mol. The Labute approximate surface area is 423 Å². The van der Waals surface area contributed by atoms with E-state index in [1.165, 1.54) is 23.3 Å². The molecule has 398 valence electrons. The Kier molecular flexibility index (Phi) is 16.6. The number of aliphatic hydroxyl groups excluding tert-OH is 2. The standard InChI is InChI=1S/C47H57N6O18P3/c1-4-51-20-9-13-28-22-33-37(24-35(28)51)68-38-25-36-29(14-10-21-52(36)5-2)23-34(38)41(33)31-15-6-7-16-32(31)45(58)50(3)19-11-17-40(54)48-18-8-12-30-26-53(47(59)49-44(30)57)46-43(56)42(55)39(69-46)27-67-73(63,64)71-74(65,66)70-72(60,61)62/h6-8,12,15-16,22-26,39,42-43,46,55-56H,4-5,9-11,13-14,17-21,27H2,1-3H3,(H5-,48,49,54,57,59,60,61,62,63,64,65,66)/b12-8+/t39-,42-,43-,46-/m1/s1. The van der Waals surface area contributed by atoms with Crippen molar-refractivity contribution < 1.29 is 75.7 Å². The zero-order valence-electron chi connectivity index (χ0n) is 40.5. The Hall–Kier alpha value is -5.42. The van der Waals surface area contributed by atoms with Gasteiger partial charge >= 0.3 is 21.3 Å². The second-order valence-electron chi connectivity index (χ2n) is 18.0. The van der Waals surface area contributed by atoms with Gasteiger partial charge in [-0.25, -0.2) is 27.1 Å². The lowest BCUT2D eigenvalue weighted by molar-refractivity contribution is -0.211. The summed E-state index contributed by atoms with van der Waals surface area (Å²) in [4.78, 5) is 97.5. The number of anilines is 1. The average Bonchev–Trinajstić information content (AvgIpc) is 3.62. The molecule has 3 aromatic carbocycles. The zero-order chi connectivity index (χ0) is 53.3. The van der Waals surface area contributed by atoms with Gasteiger partial charge in [0, 0.05) is 91.5 Å². The van der Waals surface area contributed by atoms with Crippen molar-refractivity contribution in [2.45, 2.75) is 76.9 Å². The summed E-state index contributed by atoms with van der Waals surface area (Å²) >= 11 is 0. The number of aliphatic hydroxyl groups is 2. The third-order valence-corrected chi connectivity index (χ3v) is 16.9. The third kappa shape index (κ3) is 12.3. The number of amides is 2. The van der Waals surface area contributed by atoms with Crippen LogP contribution >= 0.6 is 23.5 Å². The molecule has 7 N–H and O–H groups in total. The van der Waals surface area contributed by atoms with Crippen LogP contribution in [0, 0.1) is 0 Å². The molecule has 0 radical (unpaired) electrons. The molecular formula is C47H57N6O18P3. The highest BCUT2D eigenvalue weighted by Gasteiger charge is 2.46. The Bertz CT molecular complexity index is 3280. The van der Waals surface area contributed by atoms with Crippen LogP contribution in [-0.4, -0.2) is 122 Å². The van der Waals surface area contributed by atoms with Crippen LogP contribution in [0.25, 0.3) is 11.6 Å². The molecular weight excluding hydrogens is 1030 g/mol. The van der Waals surface area contributed by atoms with Crippen LogP contribution < -0.4 is 46.2 Å². The van der Waals surface area contributed by atoms with Crippen molar-refractivity contribution in [1.82, 2.24) is 24.3 Å². The van der Waals surface area contributed by atoms with E-state index in [1.807, 2.05) is 29.2 Å². The van der Waals surface area contributed by atoms with E-state index in [9.17, 15) is 52.9 Å². The van der Waals surface area contributed by atoms with E-state index in [4.69, 9.17) is 19.3 Å². The Balaban J connectivity index is 0.906. The molecule has 27 heteroatoms. The summed E-state index contributed by atoms with van der Waals surface area (Å²) in [6.45, 7) is 7.01. The second kappa shape index (κ2) is 22.4. The quantitative estimate of drug-likeness (QED) is 0.0450. The number of benzene rings is 3. The van der Waals surface area contributed by atoms with Crippen LogP contribution in [0.2, 0.25) is 0 Å². The number of rotatable bonds is 19. The third-order valence-electron chi connectivity index (χ3n) is 13.1. The molecule has 2 amide bonds. The van der Waals surface area contributed by atoms with Gasteiger partial charge in [0.25, 0.3) is 19.3 Å². The average molecular weight is 1090 g/mol. The number of carbonyl (C=O) groups is 2. The number of aromatic nitrogens is 2. The number of phosphoric ester groups is 1. The van der Waals surface area contributed by atoms with Crippen LogP contribution in [0.5, 0.6) is 11.5 Å². The summed E-state index contributed by atoms with van der Waals surface area (Å²) in [6.07, 6.45) is 0.611. The fraction of sp³-hybridized carbons (Fsp3) is 0.426. The van der Waals surface area contributed by atoms with E-state index in [2.05, 4.69) is 66.1 Å². The van der Waals surface area contributed by atoms with E-state index in [-0.39, 0.29) is 36.9 Å². The summed E-state index contributed by atoms with van der Waals surface area (Å²) < 4.78 is 61.3. The second-order valence-corrected chi connectivity index (χ2v) is 22.4. The van der Waals surface area contributed by atoms with Crippen molar-refractivity contribution in [1.29, 1.82) is 0 Å². The Morgan fingerprint density at radius 3 is 2.49 bits per heavy atom.